The molecule has 0 unspecified atom stereocenters. The van der Waals surface area contributed by atoms with Gasteiger partial charge in [-0.25, -0.2) is 0 Å². The van der Waals surface area contributed by atoms with Gasteiger partial charge in [-0.2, -0.15) is 0 Å². The van der Waals surface area contributed by atoms with Gasteiger partial charge in [0.2, 0.25) is 0 Å². The first-order valence-electron chi connectivity index (χ1n) is 3.67. The van der Waals surface area contributed by atoms with E-state index in [0.29, 0.717) is 5.69 Å². The van der Waals surface area contributed by atoms with Crippen LogP contribution < -0.4 is 4.90 Å². The van der Waals surface area contributed by atoms with Crippen LogP contribution in [-0.4, -0.2) is 14.1 Å². The van der Waals surface area contributed by atoms with E-state index in [0.717, 1.165) is 10.2 Å². The molecule has 0 aliphatic carbocycles. The van der Waals surface area contributed by atoms with E-state index in [-0.39, 0.29) is 0 Å². The summed E-state index contributed by atoms with van der Waals surface area (Å²) in [6.07, 6.45) is 0. The van der Waals surface area contributed by atoms with Crippen LogP contribution in [0.5, 0.6) is 0 Å². The predicted octanol–water partition coefficient (Wildman–Crippen LogP) is 3.46. The highest BCUT2D eigenvalue weighted by atomic mass is 79.9. The van der Waals surface area contributed by atoms with Crippen molar-refractivity contribution < 1.29 is 0 Å². The van der Waals surface area contributed by atoms with E-state index < -0.39 is 0 Å². The Morgan fingerprint density at radius 2 is 2.15 bits per heavy atom. The summed E-state index contributed by atoms with van der Waals surface area (Å²) in [5.41, 5.74) is 9.87. The Balaban J connectivity index is 3.26. The van der Waals surface area contributed by atoms with E-state index >= 15 is 0 Å². The van der Waals surface area contributed by atoms with Crippen molar-refractivity contribution in [1.82, 2.24) is 0 Å². The number of anilines is 1. The summed E-state index contributed by atoms with van der Waals surface area (Å²) in [4.78, 5) is 4.67. The van der Waals surface area contributed by atoms with E-state index in [9.17, 15) is 0 Å². The molecule has 4 nitrogen and oxygen atoms in total. The van der Waals surface area contributed by atoms with Crippen LogP contribution >= 0.6 is 15.9 Å². The molecule has 0 heterocycles. The molecular formula is C8H9BrN4. The second kappa shape index (κ2) is 4.16. The van der Waals surface area contributed by atoms with Crippen molar-refractivity contribution in [2.24, 2.45) is 5.11 Å². The summed E-state index contributed by atoms with van der Waals surface area (Å²) in [7, 11) is 3.80. The van der Waals surface area contributed by atoms with Crippen molar-refractivity contribution in [1.29, 1.82) is 0 Å². The molecule has 0 bridgehead atoms. The van der Waals surface area contributed by atoms with Crippen LogP contribution in [0.15, 0.2) is 27.8 Å². The lowest BCUT2D eigenvalue weighted by atomic mass is 10.2. The maximum absolute atomic E-state index is 8.34. The number of rotatable bonds is 2. The fourth-order valence-electron chi connectivity index (χ4n) is 1.00. The van der Waals surface area contributed by atoms with Crippen molar-refractivity contribution in [2.45, 2.75) is 0 Å². The molecule has 0 atom stereocenters. The van der Waals surface area contributed by atoms with Crippen LogP contribution in [0.25, 0.3) is 10.4 Å². The highest BCUT2D eigenvalue weighted by molar-refractivity contribution is 9.10. The number of hydrogen-bond donors (Lipinski definition) is 0. The first kappa shape index (κ1) is 9.89. The SMILES string of the molecule is CN(C)c1ccc(Br)cc1N=[N+]=[N-]. The zero-order valence-electron chi connectivity index (χ0n) is 7.40. The molecule has 0 saturated heterocycles. The van der Waals surface area contributed by atoms with Gasteiger partial charge in [0.05, 0.1) is 5.69 Å². The minimum absolute atomic E-state index is 0.627. The summed E-state index contributed by atoms with van der Waals surface area (Å²) >= 11 is 3.31. The summed E-state index contributed by atoms with van der Waals surface area (Å²) in [6, 6.07) is 5.59. The molecule has 0 radical (unpaired) electrons. The molecule has 5 heteroatoms. The quantitative estimate of drug-likeness (QED) is 0.444. The van der Waals surface area contributed by atoms with Gasteiger partial charge in [-0.15, -0.1) is 0 Å². The average molecular weight is 241 g/mol. The van der Waals surface area contributed by atoms with Gasteiger partial charge in [-0.05, 0) is 23.7 Å². The van der Waals surface area contributed by atoms with Gasteiger partial charge in [0.25, 0.3) is 0 Å². The second-order valence-corrected chi connectivity index (χ2v) is 3.63. The number of halogens is 1. The van der Waals surface area contributed by atoms with Crippen molar-refractivity contribution in [3.05, 3.63) is 33.1 Å². The number of nitrogens with zero attached hydrogens (tertiary/aromatic N) is 4. The van der Waals surface area contributed by atoms with E-state index in [2.05, 4.69) is 26.0 Å². The molecule has 0 N–H and O–H groups in total. The zero-order valence-corrected chi connectivity index (χ0v) is 8.98. The van der Waals surface area contributed by atoms with Crippen molar-refractivity contribution in [3.8, 4) is 0 Å². The molecule has 1 aromatic rings. The minimum atomic E-state index is 0.627. The Morgan fingerprint density at radius 3 is 2.69 bits per heavy atom. The molecule has 0 aliphatic heterocycles. The van der Waals surface area contributed by atoms with Crippen LogP contribution in [0.3, 0.4) is 0 Å². The maximum atomic E-state index is 8.34. The Bertz CT molecular complexity index is 355. The summed E-state index contributed by atoms with van der Waals surface area (Å²) in [5.74, 6) is 0. The topological polar surface area (TPSA) is 52.0 Å². The molecule has 0 aromatic heterocycles. The lowest BCUT2D eigenvalue weighted by Crippen LogP contribution is -2.08. The number of hydrogen-bond acceptors (Lipinski definition) is 2. The van der Waals surface area contributed by atoms with Gasteiger partial charge in [0.1, 0.15) is 0 Å². The fraction of sp³-hybridized carbons (Fsp3) is 0.250. The molecular weight excluding hydrogens is 232 g/mol. The van der Waals surface area contributed by atoms with Gasteiger partial charge in [0.15, 0.2) is 0 Å². The van der Waals surface area contributed by atoms with Crippen LogP contribution in [0.4, 0.5) is 11.4 Å². The molecule has 0 saturated carbocycles. The zero-order chi connectivity index (χ0) is 9.84. The van der Waals surface area contributed by atoms with Crippen molar-refractivity contribution >= 4 is 27.3 Å². The smallest absolute Gasteiger partial charge is 0.0620 e. The van der Waals surface area contributed by atoms with Crippen molar-refractivity contribution in [2.75, 3.05) is 19.0 Å². The van der Waals surface area contributed by atoms with Crippen LogP contribution in [0.2, 0.25) is 0 Å². The normalized spacial score (nSPS) is 9.15. The molecule has 0 spiro atoms. The minimum Gasteiger partial charge on any atom is -0.377 e. The Hall–Kier alpha value is -1.19. The maximum Gasteiger partial charge on any atom is 0.0620 e. The Morgan fingerprint density at radius 1 is 1.46 bits per heavy atom. The third kappa shape index (κ3) is 2.37. The molecule has 68 valence electrons. The highest BCUT2D eigenvalue weighted by Gasteiger charge is 2.02. The van der Waals surface area contributed by atoms with E-state index in [1.165, 1.54) is 0 Å². The fourth-order valence-corrected chi connectivity index (χ4v) is 1.35. The lowest BCUT2D eigenvalue weighted by Gasteiger charge is -2.14. The lowest BCUT2D eigenvalue weighted by molar-refractivity contribution is 1.13. The standard InChI is InChI=1S/C8H9BrN4/c1-13(2)8-4-3-6(9)5-7(8)11-12-10/h3-5H,1-2H3. The van der Waals surface area contributed by atoms with Crippen LogP contribution in [0, 0.1) is 0 Å². The van der Waals surface area contributed by atoms with Gasteiger partial charge in [0, 0.05) is 29.2 Å². The molecule has 0 amide bonds. The van der Waals surface area contributed by atoms with Crippen molar-refractivity contribution in [3.63, 3.8) is 0 Å². The Labute approximate surface area is 84.9 Å². The predicted molar refractivity (Wildman–Crippen MR) is 57.3 cm³/mol. The molecule has 1 aromatic carbocycles. The number of benzene rings is 1. The Kier molecular flexibility index (Phi) is 3.17. The van der Waals surface area contributed by atoms with Gasteiger partial charge < -0.3 is 4.90 Å². The molecule has 1 rings (SSSR count). The highest BCUT2D eigenvalue weighted by Crippen LogP contribution is 2.30. The van der Waals surface area contributed by atoms with E-state index in [4.69, 9.17) is 5.53 Å². The molecule has 0 aliphatic rings. The van der Waals surface area contributed by atoms with E-state index in [1.807, 2.05) is 31.1 Å². The molecule has 0 fully saturated rings. The van der Waals surface area contributed by atoms with Gasteiger partial charge in [-0.3, -0.25) is 0 Å². The van der Waals surface area contributed by atoms with Gasteiger partial charge >= 0.3 is 0 Å². The van der Waals surface area contributed by atoms with E-state index in [1.54, 1.807) is 6.07 Å². The van der Waals surface area contributed by atoms with Crippen LogP contribution in [0.1, 0.15) is 0 Å². The van der Waals surface area contributed by atoms with Gasteiger partial charge in [-0.1, -0.05) is 21.0 Å². The average Bonchev–Trinajstić information content (AvgIpc) is 2.04. The first-order valence-corrected chi connectivity index (χ1v) is 4.46. The summed E-state index contributed by atoms with van der Waals surface area (Å²) < 4.78 is 0.903. The third-order valence-corrected chi connectivity index (χ3v) is 2.06. The summed E-state index contributed by atoms with van der Waals surface area (Å²) in [6.45, 7) is 0. The largest absolute Gasteiger partial charge is 0.377 e. The first-order chi connectivity index (χ1) is 6.15. The second-order valence-electron chi connectivity index (χ2n) is 2.72. The monoisotopic (exact) mass is 240 g/mol. The summed E-state index contributed by atoms with van der Waals surface area (Å²) in [5, 5.41) is 3.60. The van der Waals surface area contributed by atoms with Crippen LogP contribution in [-0.2, 0) is 0 Å². The molecule has 13 heavy (non-hydrogen) atoms. The number of azide groups is 1. The third-order valence-electron chi connectivity index (χ3n) is 1.57.